The van der Waals surface area contributed by atoms with Crippen LogP contribution in [0.25, 0.3) is 0 Å². The summed E-state index contributed by atoms with van der Waals surface area (Å²) in [6.45, 7) is 7.00. The Morgan fingerprint density at radius 1 is 1.38 bits per heavy atom. The SMILES string of the molecule is Cc1cc(Cl)ccc1C(C)(C)CN. The van der Waals surface area contributed by atoms with Crippen molar-refractivity contribution in [3.05, 3.63) is 34.3 Å². The Labute approximate surface area is 84.9 Å². The number of nitrogens with two attached hydrogens (primary N) is 1. The maximum absolute atomic E-state index is 5.88. The third kappa shape index (κ3) is 2.23. The van der Waals surface area contributed by atoms with Gasteiger partial charge in [-0.3, -0.25) is 0 Å². The molecule has 0 saturated carbocycles. The number of aryl methyl sites for hydroxylation is 1. The number of halogens is 1. The van der Waals surface area contributed by atoms with Gasteiger partial charge in [-0.25, -0.2) is 0 Å². The summed E-state index contributed by atoms with van der Waals surface area (Å²) in [5, 5.41) is 0.786. The molecule has 0 spiro atoms. The van der Waals surface area contributed by atoms with Gasteiger partial charge < -0.3 is 5.73 Å². The minimum atomic E-state index is 0.0364. The summed E-state index contributed by atoms with van der Waals surface area (Å²) < 4.78 is 0. The fourth-order valence-corrected chi connectivity index (χ4v) is 1.72. The Bertz CT molecular complexity index is 305. The zero-order chi connectivity index (χ0) is 10.1. The summed E-state index contributed by atoms with van der Waals surface area (Å²) in [6.07, 6.45) is 0. The predicted octanol–water partition coefficient (Wildman–Crippen LogP) is 2.88. The van der Waals surface area contributed by atoms with E-state index in [2.05, 4.69) is 26.8 Å². The molecular weight excluding hydrogens is 182 g/mol. The standard InChI is InChI=1S/C11H16ClN/c1-8-6-9(12)4-5-10(8)11(2,3)7-13/h4-6H,7,13H2,1-3H3. The van der Waals surface area contributed by atoms with Gasteiger partial charge in [0.05, 0.1) is 0 Å². The highest BCUT2D eigenvalue weighted by atomic mass is 35.5. The van der Waals surface area contributed by atoms with Crippen LogP contribution >= 0.6 is 11.6 Å². The largest absolute Gasteiger partial charge is 0.330 e. The number of benzene rings is 1. The predicted molar refractivity (Wildman–Crippen MR) is 58.3 cm³/mol. The Kier molecular flexibility index (Phi) is 2.99. The molecule has 1 nitrogen and oxygen atoms in total. The third-order valence-electron chi connectivity index (χ3n) is 2.43. The van der Waals surface area contributed by atoms with Gasteiger partial charge in [-0.05, 0) is 30.2 Å². The van der Waals surface area contributed by atoms with Gasteiger partial charge in [0.2, 0.25) is 0 Å². The monoisotopic (exact) mass is 197 g/mol. The van der Waals surface area contributed by atoms with E-state index in [9.17, 15) is 0 Å². The van der Waals surface area contributed by atoms with E-state index in [1.54, 1.807) is 0 Å². The number of hydrogen-bond acceptors (Lipinski definition) is 1. The van der Waals surface area contributed by atoms with Crippen molar-refractivity contribution in [3.63, 3.8) is 0 Å². The van der Waals surface area contributed by atoms with Crippen molar-refractivity contribution < 1.29 is 0 Å². The maximum Gasteiger partial charge on any atom is 0.0408 e. The zero-order valence-corrected chi connectivity index (χ0v) is 9.15. The molecule has 13 heavy (non-hydrogen) atoms. The molecule has 0 aliphatic rings. The van der Waals surface area contributed by atoms with Crippen LogP contribution in [0.15, 0.2) is 18.2 Å². The van der Waals surface area contributed by atoms with Crippen LogP contribution < -0.4 is 5.73 Å². The molecule has 0 unspecified atom stereocenters. The minimum absolute atomic E-state index is 0.0364. The first-order valence-corrected chi connectivity index (χ1v) is 4.82. The van der Waals surface area contributed by atoms with Gasteiger partial charge >= 0.3 is 0 Å². The van der Waals surface area contributed by atoms with Crippen molar-refractivity contribution in [3.8, 4) is 0 Å². The van der Waals surface area contributed by atoms with Crippen LogP contribution in [-0.2, 0) is 5.41 Å². The van der Waals surface area contributed by atoms with E-state index in [4.69, 9.17) is 17.3 Å². The lowest BCUT2D eigenvalue weighted by Gasteiger charge is -2.25. The molecule has 0 heterocycles. The van der Waals surface area contributed by atoms with E-state index in [1.807, 2.05) is 12.1 Å². The average Bonchev–Trinajstić information content (AvgIpc) is 2.03. The van der Waals surface area contributed by atoms with E-state index >= 15 is 0 Å². The van der Waals surface area contributed by atoms with E-state index in [1.165, 1.54) is 11.1 Å². The smallest absolute Gasteiger partial charge is 0.0408 e. The first-order valence-electron chi connectivity index (χ1n) is 4.44. The van der Waals surface area contributed by atoms with E-state index in [0.29, 0.717) is 6.54 Å². The van der Waals surface area contributed by atoms with Gasteiger partial charge in [0.15, 0.2) is 0 Å². The van der Waals surface area contributed by atoms with Gasteiger partial charge in [-0.2, -0.15) is 0 Å². The molecule has 0 aliphatic carbocycles. The Morgan fingerprint density at radius 2 is 2.00 bits per heavy atom. The third-order valence-corrected chi connectivity index (χ3v) is 2.66. The molecular formula is C11H16ClN. The quantitative estimate of drug-likeness (QED) is 0.776. The molecule has 1 aromatic carbocycles. The first kappa shape index (κ1) is 10.6. The molecule has 0 aromatic heterocycles. The van der Waals surface area contributed by atoms with Crippen LogP contribution in [-0.4, -0.2) is 6.54 Å². The summed E-state index contributed by atoms with van der Waals surface area (Å²) in [4.78, 5) is 0. The molecule has 72 valence electrons. The number of rotatable bonds is 2. The summed E-state index contributed by atoms with van der Waals surface area (Å²) in [5.41, 5.74) is 8.24. The number of hydrogen-bond donors (Lipinski definition) is 1. The summed E-state index contributed by atoms with van der Waals surface area (Å²) in [5.74, 6) is 0. The van der Waals surface area contributed by atoms with Crippen molar-refractivity contribution in [1.29, 1.82) is 0 Å². The molecule has 0 radical (unpaired) electrons. The highest BCUT2D eigenvalue weighted by Crippen LogP contribution is 2.26. The van der Waals surface area contributed by atoms with Crippen LogP contribution in [0.4, 0.5) is 0 Å². The molecule has 1 aromatic rings. The van der Waals surface area contributed by atoms with Gasteiger partial charge in [0.25, 0.3) is 0 Å². The van der Waals surface area contributed by atoms with E-state index in [-0.39, 0.29) is 5.41 Å². The summed E-state index contributed by atoms with van der Waals surface area (Å²) in [6, 6.07) is 5.96. The van der Waals surface area contributed by atoms with Crippen molar-refractivity contribution in [1.82, 2.24) is 0 Å². The average molecular weight is 198 g/mol. The van der Waals surface area contributed by atoms with Gasteiger partial charge in [0.1, 0.15) is 0 Å². The van der Waals surface area contributed by atoms with Gasteiger partial charge in [0, 0.05) is 17.0 Å². The molecule has 0 fully saturated rings. The van der Waals surface area contributed by atoms with Crippen molar-refractivity contribution in [2.75, 3.05) is 6.54 Å². The van der Waals surface area contributed by atoms with Crippen molar-refractivity contribution >= 4 is 11.6 Å². The molecule has 0 atom stereocenters. The lowest BCUT2D eigenvalue weighted by atomic mass is 9.82. The normalized spacial score (nSPS) is 11.8. The highest BCUT2D eigenvalue weighted by Gasteiger charge is 2.20. The molecule has 2 heteroatoms. The summed E-state index contributed by atoms with van der Waals surface area (Å²) >= 11 is 5.88. The highest BCUT2D eigenvalue weighted by molar-refractivity contribution is 6.30. The van der Waals surface area contributed by atoms with Crippen molar-refractivity contribution in [2.45, 2.75) is 26.2 Å². The maximum atomic E-state index is 5.88. The van der Waals surface area contributed by atoms with Crippen LogP contribution in [0.1, 0.15) is 25.0 Å². The molecule has 1 rings (SSSR count). The van der Waals surface area contributed by atoms with E-state index in [0.717, 1.165) is 5.02 Å². The molecule has 0 saturated heterocycles. The van der Waals surface area contributed by atoms with Crippen LogP contribution in [0, 0.1) is 6.92 Å². The van der Waals surface area contributed by atoms with Gasteiger partial charge in [-0.1, -0.05) is 31.5 Å². The lowest BCUT2D eigenvalue weighted by molar-refractivity contribution is 0.536. The zero-order valence-electron chi connectivity index (χ0n) is 8.39. The second-order valence-corrected chi connectivity index (χ2v) is 4.48. The summed E-state index contributed by atoms with van der Waals surface area (Å²) in [7, 11) is 0. The second-order valence-electron chi connectivity index (χ2n) is 4.05. The minimum Gasteiger partial charge on any atom is -0.330 e. The fraction of sp³-hybridized carbons (Fsp3) is 0.455. The van der Waals surface area contributed by atoms with Crippen molar-refractivity contribution in [2.24, 2.45) is 5.73 Å². The second kappa shape index (κ2) is 3.69. The van der Waals surface area contributed by atoms with E-state index < -0.39 is 0 Å². The Balaban J connectivity index is 3.16. The molecule has 2 N–H and O–H groups in total. The molecule has 0 amide bonds. The fourth-order valence-electron chi connectivity index (χ4n) is 1.50. The van der Waals surface area contributed by atoms with Gasteiger partial charge in [-0.15, -0.1) is 0 Å². The van der Waals surface area contributed by atoms with Crippen LogP contribution in [0.3, 0.4) is 0 Å². The molecule has 0 bridgehead atoms. The lowest BCUT2D eigenvalue weighted by Crippen LogP contribution is -2.28. The van der Waals surface area contributed by atoms with Crippen LogP contribution in [0.2, 0.25) is 5.02 Å². The molecule has 0 aliphatic heterocycles. The topological polar surface area (TPSA) is 26.0 Å². The Hall–Kier alpha value is -0.530. The first-order chi connectivity index (χ1) is 5.97. The van der Waals surface area contributed by atoms with Crippen LogP contribution in [0.5, 0.6) is 0 Å². The Morgan fingerprint density at radius 3 is 2.46 bits per heavy atom.